The summed E-state index contributed by atoms with van der Waals surface area (Å²) in [4.78, 5) is 15.9. The number of ether oxygens (including phenoxy) is 1. The van der Waals surface area contributed by atoms with Crippen LogP contribution < -0.4 is 15.8 Å². The molecule has 5 heteroatoms. The van der Waals surface area contributed by atoms with Crippen molar-refractivity contribution in [2.24, 2.45) is 11.1 Å². The van der Waals surface area contributed by atoms with Crippen LogP contribution in [0, 0.1) is 5.41 Å². The Balaban J connectivity index is 2.63. The summed E-state index contributed by atoms with van der Waals surface area (Å²) in [5.41, 5.74) is 6.44. The van der Waals surface area contributed by atoms with Gasteiger partial charge in [-0.15, -0.1) is 0 Å². The van der Waals surface area contributed by atoms with Gasteiger partial charge in [0.2, 0.25) is 11.8 Å². The van der Waals surface area contributed by atoms with Crippen molar-refractivity contribution in [2.75, 3.05) is 7.11 Å². The zero-order chi connectivity index (χ0) is 13.8. The van der Waals surface area contributed by atoms with Gasteiger partial charge in [-0.25, -0.2) is 4.98 Å². The van der Waals surface area contributed by atoms with E-state index in [1.807, 2.05) is 26.8 Å². The van der Waals surface area contributed by atoms with E-state index in [9.17, 15) is 4.79 Å². The normalized spacial score (nSPS) is 12.9. The van der Waals surface area contributed by atoms with Crippen molar-refractivity contribution in [3.05, 3.63) is 23.9 Å². The Hall–Kier alpha value is -1.62. The van der Waals surface area contributed by atoms with Crippen LogP contribution >= 0.6 is 0 Å². The molecule has 0 aliphatic rings. The summed E-state index contributed by atoms with van der Waals surface area (Å²) in [7, 11) is 1.55. The molecule has 0 saturated carbocycles. The van der Waals surface area contributed by atoms with Crippen molar-refractivity contribution in [1.82, 2.24) is 10.3 Å². The number of nitrogens with one attached hydrogen (secondary N) is 1. The summed E-state index contributed by atoms with van der Waals surface area (Å²) in [5.74, 6) is 0.343. The molecule has 1 heterocycles. The average molecular weight is 251 g/mol. The molecule has 100 valence electrons. The van der Waals surface area contributed by atoms with Gasteiger partial charge in [-0.1, -0.05) is 26.8 Å². The maximum absolute atomic E-state index is 11.9. The van der Waals surface area contributed by atoms with Crippen LogP contribution in [0.1, 0.15) is 26.3 Å². The monoisotopic (exact) mass is 251 g/mol. The molecule has 18 heavy (non-hydrogen) atoms. The fraction of sp³-hybridized carbons (Fsp3) is 0.538. The van der Waals surface area contributed by atoms with Crippen molar-refractivity contribution < 1.29 is 9.53 Å². The fourth-order valence-electron chi connectivity index (χ4n) is 1.43. The fourth-order valence-corrected chi connectivity index (χ4v) is 1.43. The second kappa shape index (κ2) is 5.82. The number of amides is 1. The quantitative estimate of drug-likeness (QED) is 0.839. The molecule has 0 unspecified atom stereocenters. The van der Waals surface area contributed by atoms with Crippen LogP contribution in [0.15, 0.2) is 18.3 Å². The van der Waals surface area contributed by atoms with Crippen molar-refractivity contribution in [3.8, 4) is 5.88 Å². The highest BCUT2D eigenvalue weighted by Gasteiger charge is 2.27. The molecular formula is C13H21N3O2. The number of pyridine rings is 1. The molecule has 0 spiro atoms. The van der Waals surface area contributed by atoms with E-state index in [4.69, 9.17) is 10.5 Å². The van der Waals surface area contributed by atoms with Gasteiger partial charge in [0.1, 0.15) is 0 Å². The predicted molar refractivity (Wildman–Crippen MR) is 70.1 cm³/mol. The third-order valence-corrected chi connectivity index (χ3v) is 2.71. The maximum Gasteiger partial charge on any atom is 0.237 e. The lowest BCUT2D eigenvalue weighted by Gasteiger charge is -2.25. The van der Waals surface area contributed by atoms with E-state index in [0.29, 0.717) is 12.4 Å². The van der Waals surface area contributed by atoms with Crippen molar-refractivity contribution >= 4 is 5.91 Å². The number of rotatable bonds is 4. The van der Waals surface area contributed by atoms with E-state index in [1.165, 1.54) is 0 Å². The molecule has 1 rings (SSSR count). The maximum atomic E-state index is 11.9. The molecule has 1 amide bonds. The van der Waals surface area contributed by atoms with Crippen LogP contribution in [0.3, 0.4) is 0 Å². The Bertz CT molecular complexity index is 413. The summed E-state index contributed by atoms with van der Waals surface area (Å²) in [6.07, 6.45) is 1.64. The first kappa shape index (κ1) is 14.4. The number of carbonyl (C=O) groups excluding carboxylic acids is 1. The smallest absolute Gasteiger partial charge is 0.237 e. The lowest BCUT2D eigenvalue weighted by atomic mass is 9.87. The third kappa shape index (κ3) is 3.70. The number of nitrogens with two attached hydrogens (primary N) is 1. The van der Waals surface area contributed by atoms with Crippen molar-refractivity contribution in [3.63, 3.8) is 0 Å². The minimum atomic E-state index is -0.542. The first-order valence-corrected chi connectivity index (χ1v) is 5.87. The van der Waals surface area contributed by atoms with E-state index in [0.717, 1.165) is 5.56 Å². The van der Waals surface area contributed by atoms with Crippen molar-refractivity contribution in [1.29, 1.82) is 0 Å². The molecule has 1 aromatic heterocycles. The minimum absolute atomic E-state index is 0.173. The number of aromatic nitrogens is 1. The van der Waals surface area contributed by atoms with Crippen LogP contribution in [0.25, 0.3) is 0 Å². The predicted octanol–water partition coefficient (Wildman–Crippen LogP) is 1.08. The topological polar surface area (TPSA) is 77.2 Å². The number of methoxy groups -OCH3 is 1. The lowest BCUT2D eigenvalue weighted by Crippen LogP contribution is -2.48. The van der Waals surface area contributed by atoms with Gasteiger partial charge in [0.25, 0.3) is 0 Å². The van der Waals surface area contributed by atoms with E-state index in [2.05, 4.69) is 10.3 Å². The van der Waals surface area contributed by atoms with Gasteiger partial charge in [0, 0.05) is 18.3 Å². The number of hydrogen-bond acceptors (Lipinski definition) is 4. The highest BCUT2D eigenvalue weighted by molar-refractivity contribution is 5.82. The summed E-state index contributed by atoms with van der Waals surface area (Å²) >= 11 is 0. The Morgan fingerprint density at radius 1 is 1.56 bits per heavy atom. The van der Waals surface area contributed by atoms with Gasteiger partial charge in [-0.05, 0) is 11.5 Å². The molecule has 0 aliphatic carbocycles. The summed E-state index contributed by atoms with van der Waals surface area (Å²) < 4.78 is 5.11. The molecule has 0 fully saturated rings. The standard InChI is InChI=1S/C13H21N3O2/c1-13(2,3)10(14)11(17)16-8-9-6-5-7-15-12(9)18-4/h5-7,10H,8,14H2,1-4H3,(H,16,17)/t10-/m1/s1. The Labute approximate surface area is 108 Å². The second-order valence-corrected chi connectivity index (χ2v) is 5.23. The Morgan fingerprint density at radius 3 is 2.78 bits per heavy atom. The van der Waals surface area contributed by atoms with E-state index >= 15 is 0 Å². The molecule has 0 aromatic carbocycles. The first-order valence-electron chi connectivity index (χ1n) is 5.87. The molecular weight excluding hydrogens is 230 g/mol. The van der Waals surface area contributed by atoms with Gasteiger partial charge in [0.15, 0.2) is 0 Å². The molecule has 0 aliphatic heterocycles. The minimum Gasteiger partial charge on any atom is -0.481 e. The summed E-state index contributed by atoms with van der Waals surface area (Å²) in [6, 6.07) is 3.11. The van der Waals surface area contributed by atoms with E-state index in [1.54, 1.807) is 19.4 Å². The van der Waals surface area contributed by atoms with Gasteiger partial charge in [-0.3, -0.25) is 4.79 Å². The zero-order valence-electron chi connectivity index (χ0n) is 11.4. The van der Waals surface area contributed by atoms with Crippen LogP contribution in [0.2, 0.25) is 0 Å². The average Bonchev–Trinajstić information content (AvgIpc) is 2.34. The van der Waals surface area contributed by atoms with Gasteiger partial charge in [-0.2, -0.15) is 0 Å². The van der Waals surface area contributed by atoms with Crippen LogP contribution in [-0.2, 0) is 11.3 Å². The SMILES string of the molecule is COc1ncccc1CNC(=O)[C@@H](N)C(C)(C)C. The Kier molecular flexibility index (Phi) is 4.67. The molecule has 1 atom stereocenters. The highest BCUT2D eigenvalue weighted by atomic mass is 16.5. The van der Waals surface area contributed by atoms with Gasteiger partial charge >= 0.3 is 0 Å². The zero-order valence-corrected chi connectivity index (χ0v) is 11.4. The first-order chi connectivity index (χ1) is 8.36. The molecule has 5 nitrogen and oxygen atoms in total. The molecule has 1 aromatic rings. The Morgan fingerprint density at radius 2 is 2.22 bits per heavy atom. The van der Waals surface area contributed by atoms with E-state index < -0.39 is 6.04 Å². The second-order valence-electron chi connectivity index (χ2n) is 5.23. The third-order valence-electron chi connectivity index (χ3n) is 2.71. The molecule has 0 bridgehead atoms. The van der Waals surface area contributed by atoms with Gasteiger partial charge in [0.05, 0.1) is 13.2 Å². The highest BCUT2D eigenvalue weighted by Crippen LogP contribution is 2.18. The largest absolute Gasteiger partial charge is 0.481 e. The molecule has 3 N–H and O–H groups in total. The van der Waals surface area contributed by atoms with Crippen LogP contribution in [-0.4, -0.2) is 24.0 Å². The summed E-state index contributed by atoms with van der Waals surface area (Å²) in [5, 5.41) is 2.80. The number of carbonyl (C=O) groups is 1. The van der Waals surface area contributed by atoms with Crippen LogP contribution in [0.5, 0.6) is 5.88 Å². The van der Waals surface area contributed by atoms with E-state index in [-0.39, 0.29) is 11.3 Å². The van der Waals surface area contributed by atoms with Crippen molar-refractivity contribution in [2.45, 2.75) is 33.4 Å². The number of nitrogens with zero attached hydrogens (tertiary/aromatic N) is 1. The number of hydrogen-bond donors (Lipinski definition) is 2. The summed E-state index contributed by atoms with van der Waals surface area (Å²) in [6.45, 7) is 6.16. The molecule has 0 radical (unpaired) electrons. The lowest BCUT2D eigenvalue weighted by molar-refractivity contribution is -0.124. The molecule has 0 saturated heterocycles. The van der Waals surface area contributed by atoms with Crippen LogP contribution in [0.4, 0.5) is 0 Å². The van der Waals surface area contributed by atoms with Gasteiger partial charge < -0.3 is 15.8 Å².